The minimum Gasteiger partial charge on any atom is -0.457 e. The van der Waals surface area contributed by atoms with Crippen LogP contribution in [-0.4, -0.2) is 131 Å². The number of hydrogen-bond donors (Lipinski definition) is 7. The third kappa shape index (κ3) is 28.3. The summed E-state index contributed by atoms with van der Waals surface area (Å²) in [4.78, 5) is 34.5. The van der Waals surface area contributed by atoms with Crippen LogP contribution in [0.25, 0.3) is 5.57 Å². The highest BCUT2D eigenvalue weighted by Crippen LogP contribution is 2.44. The van der Waals surface area contributed by atoms with Crippen molar-refractivity contribution in [1.29, 1.82) is 0 Å². The zero-order valence-electron chi connectivity index (χ0n) is 63.6. The van der Waals surface area contributed by atoms with Gasteiger partial charge in [-0.1, -0.05) is 96.1 Å². The number of cyclic esters (lactones) is 2. The molecule has 0 spiro atoms. The summed E-state index contributed by atoms with van der Waals surface area (Å²) in [5.74, 6) is 0.169. The van der Waals surface area contributed by atoms with Gasteiger partial charge in [0.2, 0.25) is 75.9 Å². The van der Waals surface area contributed by atoms with Gasteiger partial charge >= 0.3 is 11.9 Å². The number of para-hydroxylation sites is 1. The Hall–Kier alpha value is -9.10. The van der Waals surface area contributed by atoms with Crippen molar-refractivity contribution in [2.75, 3.05) is 50.2 Å². The first-order valence-corrected chi connectivity index (χ1v) is 51.1. The molecule has 45 heteroatoms. The molecule has 12 rings (SSSR count). The second kappa shape index (κ2) is 37.9. The minimum atomic E-state index is -3.94. The maximum Gasteiger partial charge on any atom is 0.375 e. The summed E-state index contributed by atoms with van der Waals surface area (Å²) in [6, 6.07) is 42.4. The molecule has 0 saturated heterocycles. The summed E-state index contributed by atoms with van der Waals surface area (Å²) in [5, 5.41) is 18.4. The Kier molecular flexibility index (Phi) is 30.2. The lowest BCUT2D eigenvalue weighted by atomic mass is 9.92. The minimum absolute atomic E-state index is 0.0332. The highest BCUT2D eigenvalue weighted by molar-refractivity contribution is 8.01. The lowest BCUT2D eigenvalue weighted by Crippen LogP contribution is -2.22. The number of rotatable bonds is 24. The fourth-order valence-electron chi connectivity index (χ4n) is 10.1. The number of sulfonamides is 7. The molecule has 0 aliphatic carbocycles. The average molecular weight is 1850 g/mol. The fourth-order valence-corrected chi connectivity index (χ4v) is 19.2. The Morgan fingerprint density at radius 1 is 0.538 bits per heavy atom. The molecule has 0 fully saturated rings. The SMILES string of the molecule is CC1(C)OC(=O)C(Oc2ccccc2)=C1c1ccc(S(C)(=O)=O)cc1.CCc1csc(Sc2cc3c(cc2NS(C)(=O)=O)COC3=O)n1.Cc1ccc(Oc2cc(S(N)(=O)=O)ccc2NS(C)(=O)=O)cc1.Cc1ccc(Sc2cc(S(N)(=O)=O)ccc2NS(C)(=O)=O)c(Cl)c1.Cn1ccnc1Sc1cc(S(N)(=O)=O)ccc1NS(C)(=O)=O. The number of anilines is 4. The third-order valence-electron chi connectivity index (χ3n) is 15.3. The van der Waals surface area contributed by atoms with E-state index in [0.717, 1.165) is 82.4 Å². The smallest absolute Gasteiger partial charge is 0.375 e. The van der Waals surface area contributed by atoms with Crippen molar-refractivity contribution < 1.29 is 95.9 Å². The summed E-state index contributed by atoms with van der Waals surface area (Å²) in [7, 11) is -27.3. The summed E-state index contributed by atoms with van der Waals surface area (Å²) in [5.41, 5.74) is 5.54. The molecule has 0 saturated carbocycles. The van der Waals surface area contributed by atoms with Gasteiger partial charge in [0.05, 0.1) is 89.2 Å². The van der Waals surface area contributed by atoms with E-state index in [-0.39, 0.29) is 60.7 Å². The summed E-state index contributed by atoms with van der Waals surface area (Å²) < 4.78 is 218. The van der Waals surface area contributed by atoms with Gasteiger partial charge in [0.1, 0.15) is 23.7 Å². The van der Waals surface area contributed by atoms with Crippen LogP contribution in [0.15, 0.2) is 236 Å². The van der Waals surface area contributed by atoms with Gasteiger partial charge in [-0.3, -0.25) is 18.9 Å². The van der Waals surface area contributed by atoms with E-state index in [9.17, 15) is 76.9 Å². The largest absolute Gasteiger partial charge is 0.457 e. The number of benzene rings is 8. The Morgan fingerprint density at radius 3 is 1.52 bits per heavy atom. The van der Waals surface area contributed by atoms with Crippen molar-refractivity contribution in [2.24, 2.45) is 22.5 Å². The number of nitrogens with one attached hydrogen (secondary N) is 4. The van der Waals surface area contributed by atoms with Crippen molar-refractivity contribution in [3.63, 3.8) is 0 Å². The van der Waals surface area contributed by atoms with E-state index >= 15 is 0 Å². The number of halogens is 1. The maximum atomic E-state index is 12.3. The first-order chi connectivity index (χ1) is 54.1. The molecule has 10 N–H and O–H groups in total. The maximum absolute atomic E-state index is 12.3. The molecule has 4 heterocycles. The molecule has 2 aliphatic rings. The van der Waals surface area contributed by atoms with Crippen LogP contribution in [0.3, 0.4) is 0 Å². The van der Waals surface area contributed by atoms with E-state index in [1.807, 2.05) is 62.5 Å². The molecule has 2 aromatic heterocycles. The van der Waals surface area contributed by atoms with E-state index in [2.05, 4.69) is 28.9 Å². The van der Waals surface area contributed by atoms with Crippen molar-refractivity contribution >= 4 is 178 Å². The number of carbonyl (C=O) groups is 2. The van der Waals surface area contributed by atoms with Crippen LogP contribution in [-0.2, 0) is 114 Å². The number of thiazole rings is 1. The number of nitrogens with zero attached hydrogens (tertiary/aromatic N) is 3. The quantitative estimate of drug-likeness (QED) is 0.0276. The molecule has 0 unspecified atom stereocenters. The standard InChI is InChI=1S/C19H18O5S.C14H15ClN2O4S3.C14H16N2O5S2.C14H14N2O4S3.C11H14N4O4S3/c1-19(2)16(13-9-11-15(12-10-13)25(3,21)22)17(18(20)24-19)23-14-7-5-4-6-8-14;1-9-3-6-13(11(15)7-9)22-14-8-10(24(16,20)21)4-5-12(14)17-23(2,18)19;1-10-3-5-11(6-4-10)21-14-9-12(23(15,19)20)7-8-13(14)16-22(2,17)18;1-3-9-7-21-14(15-9)22-12-5-10-8(6-20-13(10)17)4-11(12)16-23(2,18)19;1-15-6-5-13-11(15)20-10-7-8(22(12,18)19)3-4-9(10)14-21(2,16)17/h4-12H,1-3H3;3-8,17H,1-2H3,(H2,16,20,21);3-9,16H,1-2H3,(H2,15,19,20);4-5,7,16H,3,6H2,1-2H3;3-7,14H,1-2H3,(H2,12,18,19). The lowest BCUT2D eigenvalue weighted by Gasteiger charge is -2.21. The van der Waals surface area contributed by atoms with Crippen molar-refractivity contribution in [2.45, 2.75) is 102 Å². The highest BCUT2D eigenvalue weighted by Gasteiger charge is 2.43. The normalized spacial score (nSPS) is 13.4. The topological polar surface area (TPSA) is 501 Å². The van der Waals surface area contributed by atoms with Gasteiger partial charge in [-0.2, -0.15) is 0 Å². The van der Waals surface area contributed by atoms with Gasteiger partial charge in [-0.15, -0.1) is 11.3 Å². The molecular weight excluding hydrogens is 1780 g/mol. The van der Waals surface area contributed by atoms with Gasteiger partial charge in [-0.05, 0) is 166 Å². The Labute approximate surface area is 700 Å². The van der Waals surface area contributed by atoms with Crippen LogP contribution in [0.1, 0.15) is 59.1 Å². The van der Waals surface area contributed by atoms with Crippen LogP contribution in [0, 0.1) is 13.8 Å². The summed E-state index contributed by atoms with van der Waals surface area (Å²) >= 11 is 11.3. The van der Waals surface area contributed by atoms with Gasteiger partial charge in [-0.25, -0.2) is 102 Å². The average Bonchev–Trinajstić information content (AvgIpc) is 1.63. The van der Waals surface area contributed by atoms with Gasteiger partial charge in [0, 0.05) is 62.3 Å². The van der Waals surface area contributed by atoms with Crippen molar-refractivity contribution in [3.05, 3.63) is 226 Å². The predicted molar refractivity (Wildman–Crippen MR) is 451 cm³/mol. The number of sulfone groups is 1. The molecule has 0 bridgehead atoms. The summed E-state index contributed by atoms with van der Waals surface area (Å²) in [6.07, 6.45) is 9.37. The van der Waals surface area contributed by atoms with Gasteiger partial charge in [0.15, 0.2) is 25.1 Å². The highest BCUT2D eigenvalue weighted by atomic mass is 35.5. The van der Waals surface area contributed by atoms with Gasteiger partial charge < -0.3 is 23.5 Å². The molecule has 32 nitrogen and oxygen atoms in total. The number of fused-ring (bicyclic) bond motifs is 1. The van der Waals surface area contributed by atoms with Crippen LogP contribution in [0.4, 0.5) is 22.7 Å². The number of esters is 2. The molecule has 626 valence electrons. The van der Waals surface area contributed by atoms with Crippen LogP contribution < -0.4 is 43.8 Å². The lowest BCUT2D eigenvalue weighted by molar-refractivity contribution is -0.145. The number of hydrogen-bond acceptors (Lipinski definition) is 28. The second-order valence-corrected chi connectivity index (χ2v) is 44.3. The van der Waals surface area contributed by atoms with Gasteiger partial charge in [0.25, 0.3) is 0 Å². The number of aromatic nitrogens is 3. The van der Waals surface area contributed by atoms with Crippen LogP contribution in [0.5, 0.6) is 17.2 Å². The Morgan fingerprint density at radius 2 is 1.03 bits per heavy atom. The van der Waals surface area contributed by atoms with E-state index in [1.165, 1.54) is 89.8 Å². The van der Waals surface area contributed by atoms with Crippen LogP contribution in [0.2, 0.25) is 5.02 Å². The molecule has 10 aromatic rings. The van der Waals surface area contributed by atoms with Crippen molar-refractivity contribution in [3.8, 4) is 17.2 Å². The first kappa shape index (κ1) is 93.4. The zero-order chi connectivity index (χ0) is 86.8. The third-order valence-corrected chi connectivity index (χ3v) is 26.3. The molecule has 0 atom stereocenters. The Bertz CT molecular complexity index is 6440. The molecule has 8 aromatic carbocycles. The number of nitrogens with two attached hydrogens (primary N) is 3. The molecular formula is C72H77ClN10O22S12. The predicted octanol–water partition coefficient (Wildman–Crippen LogP) is 11.3. The molecule has 0 amide bonds. The van der Waals surface area contributed by atoms with Crippen LogP contribution >= 0.6 is 58.2 Å². The zero-order valence-corrected chi connectivity index (χ0v) is 74.1. The molecule has 117 heavy (non-hydrogen) atoms. The monoisotopic (exact) mass is 1850 g/mol. The van der Waals surface area contributed by atoms with E-state index in [0.29, 0.717) is 69.2 Å². The number of carbonyl (C=O) groups excluding carboxylic acids is 2. The van der Waals surface area contributed by atoms with Crippen molar-refractivity contribution in [1.82, 2.24) is 14.5 Å². The van der Waals surface area contributed by atoms with E-state index in [4.69, 9.17) is 46.0 Å². The number of primary sulfonamides is 3. The summed E-state index contributed by atoms with van der Waals surface area (Å²) in [6.45, 7) is 9.51. The van der Waals surface area contributed by atoms with E-state index < -0.39 is 91.6 Å². The fraction of sp³-hybridized carbons (Fsp3) is 0.194. The number of ether oxygens (including phenoxy) is 4. The van der Waals surface area contributed by atoms with E-state index in [1.54, 1.807) is 98.5 Å². The second-order valence-electron chi connectivity index (χ2n) is 25.9. The Balaban J connectivity index is 0.000000183. The first-order valence-electron chi connectivity index (χ1n) is 33.3. The molecule has 2 aliphatic heterocycles. The number of imidazole rings is 1. The molecule has 0 radical (unpaired) electrons. The number of aryl methyl sites for hydroxylation is 4.